The van der Waals surface area contributed by atoms with Gasteiger partial charge in [0.1, 0.15) is 5.75 Å². The number of rotatable bonds is 3. The molecule has 9 heteroatoms. The molecule has 19 heavy (non-hydrogen) atoms. The first-order valence-electron chi connectivity index (χ1n) is 4.79. The zero-order chi connectivity index (χ0) is 14.6. The van der Waals surface area contributed by atoms with E-state index in [0.29, 0.717) is 4.47 Å². The van der Waals surface area contributed by atoms with Crippen LogP contribution in [0, 0.1) is 0 Å². The summed E-state index contributed by atoms with van der Waals surface area (Å²) in [4.78, 5) is 10.4. The van der Waals surface area contributed by atoms with E-state index < -0.39 is 17.8 Å². The van der Waals surface area contributed by atoms with Gasteiger partial charge in [-0.05, 0) is 28.1 Å². The van der Waals surface area contributed by atoms with Gasteiger partial charge in [0.05, 0.1) is 23.4 Å². The van der Waals surface area contributed by atoms with Gasteiger partial charge in [-0.15, -0.1) is 0 Å². The number of alkyl halides is 3. The Morgan fingerprint density at radius 3 is 2.63 bits per heavy atom. The van der Waals surface area contributed by atoms with Gasteiger partial charge in [-0.3, -0.25) is 0 Å². The van der Waals surface area contributed by atoms with Gasteiger partial charge in [0.25, 0.3) is 0 Å². The maximum absolute atomic E-state index is 12.8. The van der Waals surface area contributed by atoms with E-state index in [1.54, 1.807) is 0 Å². The van der Waals surface area contributed by atoms with E-state index in [2.05, 4.69) is 21.0 Å². The number of nitrogens with zero attached hydrogens (tertiary/aromatic N) is 1. The molecule has 0 saturated carbocycles. The van der Waals surface area contributed by atoms with Gasteiger partial charge in [0, 0.05) is 5.56 Å². The van der Waals surface area contributed by atoms with Gasteiger partial charge >= 0.3 is 12.2 Å². The Balaban J connectivity index is 3.34. The number of amides is 2. The Kier molecular flexibility index (Phi) is 4.76. The SMILES string of the molecule is COc1c(Br)ccc(C(F)(F)F)c1C=NNC(N)=O. The van der Waals surface area contributed by atoms with Gasteiger partial charge in [0.2, 0.25) is 0 Å². The molecule has 0 aliphatic carbocycles. The van der Waals surface area contributed by atoms with E-state index in [0.717, 1.165) is 12.3 Å². The average Bonchev–Trinajstić information content (AvgIpc) is 2.27. The van der Waals surface area contributed by atoms with Gasteiger partial charge in [-0.2, -0.15) is 18.3 Å². The molecule has 1 rings (SSSR count). The second-order valence-electron chi connectivity index (χ2n) is 3.27. The van der Waals surface area contributed by atoms with Crippen LogP contribution in [0.25, 0.3) is 0 Å². The van der Waals surface area contributed by atoms with Crippen molar-refractivity contribution in [2.45, 2.75) is 6.18 Å². The Bertz CT molecular complexity index is 517. The van der Waals surface area contributed by atoms with E-state index in [4.69, 9.17) is 10.5 Å². The molecule has 0 aromatic heterocycles. The topological polar surface area (TPSA) is 76.7 Å². The smallest absolute Gasteiger partial charge is 0.417 e. The summed E-state index contributed by atoms with van der Waals surface area (Å²) in [5.41, 5.74) is 5.30. The average molecular weight is 340 g/mol. The van der Waals surface area contributed by atoms with Crippen molar-refractivity contribution in [1.82, 2.24) is 5.43 Å². The predicted molar refractivity (Wildman–Crippen MR) is 66.0 cm³/mol. The summed E-state index contributed by atoms with van der Waals surface area (Å²) >= 11 is 3.06. The number of benzene rings is 1. The van der Waals surface area contributed by atoms with Crippen molar-refractivity contribution < 1.29 is 22.7 Å². The minimum Gasteiger partial charge on any atom is -0.495 e. The minimum atomic E-state index is -4.58. The number of hydrogen-bond acceptors (Lipinski definition) is 3. The lowest BCUT2D eigenvalue weighted by Gasteiger charge is -2.14. The number of hydrogen-bond donors (Lipinski definition) is 2. The highest BCUT2D eigenvalue weighted by molar-refractivity contribution is 9.10. The second kappa shape index (κ2) is 5.91. The van der Waals surface area contributed by atoms with Crippen LogP contribution in [0.2, 0.25) is 0 Å². The first-order chi connectivity index (χ1) is 8.77. The van der Waals surface area contributed by atoms with E-state index in [1.165, 1.54) is 13.2 Å². The normalized spacial score (nSPS) is 11.6. The minimum absolute atomic E-state index is 0.0511. The number of halogens is 4. The molecule has 0 bridgehead atoms. The van der Waals surface area contributed by atoms with Crippen molar-refractivity contribution in [3.63, 3.8) is 0 Å². The Labute approximate surface area is 114 Å². The number of nitrogens with two attached hydrogens (primary N) is 1. The monoisotopic (exact) mass is 339 g/mol. The van der Waals surface area contributed by atoms with Crippen molar-refractivity contribution in [2.24, 2.45) is 10.8 Å². The maximum Gasteiger partial charge on any atom is 0.417 e. The van der Waals surface area contributed by atoms with E-state index >= 15 is 0 Å². The van der Waals surface area contributed by atoms with Crippen molar-refractivity contribution in [1.29, 1.82) is 0 Å². The van der Waals surface area contributed by atoms with Crippen LogP contribution in [0.3, 0.4) is 0 Å². The fourth-order valence-corrected chi connectivity index (χ4v) is 1.82. The fourth-order valence-electron chi connectivity index (χ4n) is 1.32. The Hall–Kier alpha value is -1.77. The molecule has 2 amide bonds. The first kappa shape index (κ1) is 15.3. The lowest BCUT2D eigenvalue weighted by Crippen LogP contribution is -2.24. The van der Waals surface area contributed by atoms with Crippen LogP contribution in [0.15, 0.2) is 21.7 Å². The molecule has 0 atom stereocenters. The third kappa shape index (κ3) is 3.85. The summed E-state index contributed by atoms with van der Waals surface area (Å²) in [6.07, 6.45) is -3.76. The number of hydrazone groups is 1. The molecule has 104 valence electrons. The molecular weight excluding hydrogens is 331 g/mol. The number of methoxy groups -OCH3 is 1. The second-order valence-corrected chi connectivity index (χ2v) is 4.13. The number of carbonyl (C=O) groups is 1. The van der Waals surface area contributed by atoms with Crippen LogP contribution < -0.4 is 15.9 Å². The molecule has 3 N–H and O–H groups in total. The molecule has 5 nitrogen and oxygen atoms in total. The summed E-state index contributed by atoms with van der Waals surface area (Å²) < 4.78 is 43.7. The molecule has 0 saturated heterocycles. The van der Waals surface area contributed by atoms with Crippen molar-refractivity contribution in [3.8, 4) is 5.75 Å². The maximum atomic E-state index is 12.8. The summed E-state index contributed by atoms with van der Waals surface area (Å²) in [6.45, 7) is 0. The molecule has 0 spiro atoms. The summed E-state index contributed by atoms with van der Waals surface area (Å²) in [5, 5.41) is 3.31. The number of nitrogens with one attached hydrogen (secondary N) is 1. The zero-order valence-corrected chi connectivity index (χ0v) is 11.2. The Morgan fingerprint density at radius 1 is 1.53 bits per heavy atom. The molecule has 1 aromatic carbocycles. The van der Waals surface area contributed by atoms with Gasteiger partial charge in [-0.25, -0.2) is 10.2 Å². The molecule has 0 aliphatic heterocycles. The largest absolute Gasteiger partial charge is 0.495 e. The summed E-state index contributed by atoms with van der Waals surface area (Å²) in [7, 11) is 1.22. The number of ether oxygens (including phenoxy) is 1. The van der Waals surface area contributed by atoms with Crippen molar-refractivity contribution in [2.75, 3.05) is 7.11 Å². The highest BCUT2D eigenvalue weighted by atomic mass is 79.9. The van der Waals surface area contributed by atoms with Crippen LogP contribution in [-0.4, -0.2) is 19.4 Å². The molecule has 0 radical (unpaired) electrons. The van der Waals surface area contributed by atoms with Crippen LogP contribution >= 0.6 is 15.9 Å². The highest BCUT2D eigenvalue weighted by Crippen LogP contribution is 2.38. The van der Waals surface area contributed by atoms with E-state index in [9.17, 15) is 18.0 Å². The van der Waals surface area contributed by atoms with Gasteiger partial charge < -0.3 is 10.5 Å². The molecule has 0 heterocycles. The fraction of sp³-hybridized carbons (Fsp3) is 0.200. The van der Waals surface area contributed by atoms with Crippen LogP contribution in [0.1, 0.15) is 11.1 Å². The first-order valence-corrected chi connectivity index (χ1v) is 5.59. The van der Waals surface area contributed by atoms with Gasteiger partial charge in [0.15, 0.2) is 0 Å². The highest BCUT2D eigenvalue weighted by Gasteiger charge is 2.34. The molecule has 0 fully saturated rings. The summed E-state index contributed by atoms with van der Waals surface area (Å²) in [5.74, 6) is -0.0511. The molecule has 0 unspecified atom stereocenters. The molecule has 1 aromatic rings. The molecule has 0 aliphatic rings. The lowest BCUT2D eigenvalue weighted by atomic mass is 10.1. The zero-order valence-electron chi connectivity index (χ0n) is 9.58. The number of urea groups is 1. The Morgan fingerprint density at radius 2 is 2.16 bits per heavy atom. The lowest BCUT2D eigenvalue weighted by molar-refractivity contribution is -0.137. The van der Waals surface area contributed by atoms with E-state index in [-0.39, 0.29) is 11.3 Å². The predicted octanol–water partition coefficient (Wildman–Crippen LogP) is 2.48. The number of carbonyl (C=O) groups excluding carboxylic acids is 1. The van der Waals surface area contributed by atoms with Gasteiger partial charge in [-0.1, -0.05) is 0 Å². The summed E-state index contributed by atoms with van der Waals surface area (Å²) in [6, 6.07) is 1.09. The third-order valence-corrected chi connectivity index (χ3v) is 2.65. The van der Waals surface area contributed by atoms with Crippen molar-refractivity contribution in [3.05, 3.63) is 27.7 Å². The quantitative estimate of drug-likeness (QED) is 0.655. The van der Waals surface area contributed by atoms with E-state index in [1.807, 2.05) is 5.43 Å². The molecular formula is C10H9BrF3N3O2. The van der Waals surface area contributed by atoms with Crippen LogP contribution in [0.4, 0.5) is 18.0 Å². The number of primary amides is 1. The van der Waals surface area contributed by atoms with Crippen molar-refractivity contribution >= 4 is 28.2 Å². The van der Waals surface area contributed by atoms with Crippen LogP contribution in [-0.2, 0) is 6.18 Å². The standard InChI is InChI=1S/C10H9BrF3N3O2/c1-19-8-5(4-16-17-9(15)18)6(10(12,13)14)2-3-7(8)11/h2-4H,1H3,(H3,15,17,18). The van der Waals surface area contributed by atoms with Crippen LogP contribution in [0.5, 0.6) is 5.75 Å². The third-order valence-electron chi connectivity index (χ3n) is 2.03.